The minimum atomic E-state index is -0.159. The summed E-state index contributed by atoms with van der Waals surface area (Å²) in [4.78, 5) is 0. The van der Waals surface area contributed by atoms with Gasteiger partial charge in [-0.05, 0) is 12.5 Å². The molecule has 0 heterocycles. The summed E-state index contributed by atoms with van der Waals surface area (Å²) < 4.78 is 5.29. The molecule has 0 aliphatic carbocycles. The highest BCUT2D eigenvalue weighted by atomic mass is 35.5. The van der Waals surface area contributed by atoms with Crippen LogP contribution in [0.1, 0.15) is 5.56 Å². The molecule has 0 fully saturated rings. The van der Waals surface area contributed by atoms with E-state index in [1.165, 1.54) is 0 Å². The normalized spacial score (nSPS) is 12.8. The first kappa shape index (κ1) is 9.56. The fourth-order valence-corrected chi connectivity index (χ4v) is 0.968. The average Bonchev–Trinajstić information content (AvgIpc) is 2.05. The van der Waals surface area contributed by atoms with Crippen molar-refractivity contribution in [2.45, 2.75) is 12.0 Å². The molecular formula is C10H12ClO. The van der Waals surface area contributed by atoms with Crippen LogP contribution in [0.5, 0.6) is 0 Å². The fraction of sp³-hybridized carbons (Fsp3) is 0.300. The first-order chi connectivity index (χ1) is 5.79. The van der Waals surface area contributed by atoms with E-state index in [2.05, 4.69) is 6.92 Å². The molecule has 1 rings (SSSR count). The lowest BCUT2D eigenvalue weighted by Crippen LogP contribution is -2.04. The molecular weight excluding hydrogens is 172 g/mol. The predicted octanol–water partition coefficient (Wildman–Crippen LogP) is 2.64. The Hall–Kier alpha value is -0.530. The largest absolute Gasteiger partial charge is 0.375 e. The van der Waals surface area contributed by atoms with Gasteiger partial charge < -0.3 is 4.74 Å². The quantitative estimate of drug-likeness (QED) is 0.653. The van der Waals surface area contributed by atoms with Crippen molar-refractivity contribution in [3.63, 3.8) is 0 Å². The van der Waals surface area contributed by atoms with Crippen molar-refractivity contribution in [2.24, 2.45) is 0 Å². The molecule has 1 atom stereocenters. The molecule has 0 aliphatic rings. The van der Waals surface area contributed by atoms with Gasteiger partial charge in [-0.15, -0.1) is 11.6 Å². The van der Waals surface area contributed by atoms with Crippen molar-refractivity contribution >= 4 is 11.6 Å². The maximum atomic E-state index is 5.61. The minimum absolute atomic E-state index is 0.159. The summed E-state index contributed by atoms with van der Waals surface area (Å²) in [6.07, 6.45) is 0. The van der Waals surface area contributed by atoms with E-state index in [0.29, 0.717) is 13.2 Å². The third-order valence-electron chi connectivity index (χ3n) is 1.41. The Labute approximate surface area is 78.3 Å². The maximum Gasteiger partial charge on any atom is 0.0717 e. The summed E-state index contributed by atoms with van der Waals surface area (Å²) in [7, 11) is 0. The minimum Gasteiger partial charge on any atom is -0.375 e. The summed E-state index contributed by atoms with van der Waals surface area (Å²) in [5, 5.41) is -0.159. The van der Waals surface area contributed by atoms with Gasteiger partial charge in [0.05, 0.1) is 18.6 Å². The molecule has 0 aromatic heterocycles. The van der Waals surface area contributed by atoms with Gasteiger partial charge in [0.2, 0.25) is 0 Å². The van der Waals surface area contributed by atoms with Crippen LogP contribution in [0.15, 0.2) is 30.3 Å². The zero-order chi connectivity index (χ0) is 8.81. The number of benzene rings is 1. The van der Waals surface area contributed by atoms with Gasteiger partial charge in [-0.2, -0.15) is 0 Å². The molecule has 0 saturated heterocycles. The Morgan fingerprint density at radius 1 is 1.33 bits per heavy atom. The van der Waals surface area contributed by atoms with Crippen LogP contribution in [0.4, 0.5) is 0 Å². The van der Waals surface area contributed by atoms with Gasteiger partial charge in [0.1, 0.15) is 0 Å². The number of halogens is 1. The molecule has 0 spiro atoms. The third-order valence-corrected chi connectivity index (χ3v) is 1.54. The smallest absolute Gasteiger partial charge is 0.0717 e. The Kier molecular flexibility index (Phi) is 4.12. The van der Waals surface area contributed by atoms with Gasteiger partial charge in [0, 0.05) is 0 Å². The van der Waals surface area contributed by atoms with Crippen molar-refractivity contribution in [2.75, 3.05) is 6.61 Å². The van der Waals surface area contributed by atoms with Gasteiger partial charge in [0.15, 0.2) is 0 Å². The van der Waals surface area contributed by atoms with Crippen LogP contribution >= 0.6 is 11.6 Å². The highest BCUT2D eigenvalue weighted by Crippen LogP contribution is 2.02. The number of ether oxygens (including phenoxy) is 1. The van der Waals surface area contributed by atoms with Crippen LogP contribution in [-0.4, -0.2) is 12.0 Å². The van der Waals surface area contributed by atoms with Gasteiger partial charge in [-0.1, -0.05) is 30.3 Å². The van der Waals surface area contributed by atoms with Gasteiger partial charge in [-0.25, -0.2) is 0 Å². The molecule has 0 N–H and O–H groups in total. The predicted molar refractivity (Wildman–Crippen MR) is 51.1 cm³/mol. The summed E-state index contributed by atoms with van der Waals surface area (Å²) in [6, 6.07) is 10.00. The molecule has 65 valence electrons. The molecule has 1 aromatic carbocycles. The summed E-state index contributed by atoms with van der Waals surface area (Å²) in [6.45, 7) is 4.72. The van der Waals surface area contributed by atoms with Crippen LogP contribution in [0.3, 0.4) is 0 Å². The van der Waals surface area contributed by atoms with Gasteiger partial charge in [0.25, 0.3) is 0 Å². The molecule has 1 radical (unpaired) electrons. The Morgan fingerprint density at radius 2 is 2.00 bits per heavy atom. The van der Waals surface area contributed by atoms with Gasteiger partial charge >= 0.3 is 0 Å². The van der Waals surface area contributed by atoms with Crippen LogP contribution in [-0.2, 0) is 11.3 Å². The number of hydrogen-bond acceptors (Lipinski definition) is 1. The second-order valence-electron chi connectivity index (χ2n) is 2.60. The number of hydrogen-bond donors (Lipinski definition) is 0. The molecule has 1 nitrogen and oxygen atoms in total. The van der Waals surface area contributed by atoms with E-state index in [1.807, 2.05) is 30.3 Å². The van der Waals surface area contributed by atoms with Crippen molar-refractivity contribution in [1.29, 1.82) is 0 Å². The van der Waals surface area contributed by atoms with E-state index in [4.69, 9.17) is 16.3 Å². The standard InChI is InChI=1S/C10H12ClO/c1-9(11)7-12-8-10-5-3-2-4-6-10/h2-6,9H,1,7-8H2. The summed E-state index contributed by atoms with van der Waals surface area (Å²) in [5.74, 6) is 0. The van der Waals surface area contributed by atoms with Crippen LogP contribution < -0.4 is 0 Å². The molecule has 12 heavy (non-hydrogen) atoms. The molecule has 2 heteroatoms. The number of rotatable bonds is 4. The third kappa shape index (κ3) is 3.74. The lowest BCUT2D eigenvalue weighted by atomic mass is 10.2. The molecule has 0 amide bonds. The van der Waals surface area contributed by atoms with E-state index in [1.54, 1.807) is 0 Å². The highest BCUT2D eigenvalue weighted by Gasteiger charge is 1.96. The topological polar surface area (TPSA) is 9.23 Å². The van der Waals surface area contributed by atoms with E-state index in [9.17, 15) is 0 Å². The first-order valence-corrected chi connectivity index (χ1v) is 4.31. The fourth-order valence-electron chi connectivity index (χ4n) is 0.879. The van der Waals surface area contributed by atoms with Crippen molar-refractivity contribution in [3.05, 3.63) is 42.8 Å². The maximum absolute atomic E-state index is 5.61. The SMILES string of the molecule is [CH2]C(Cl)COCc1ccccc1. The van der Waals surface area contributed by atoms with E-state index < -0.39 is 0 Å². The van der Waals surface area contributed by atoms with E-state index in [0.717, 1.165) is 5.56 Å². The lowest BCUT2D eigenvalue weighted by Gasteiger charge is -2.04. The zero-order valence-corrected chi connectivity index (χ0v) is 7.63. The van der Waals surface area contributed by atoms with Crippen LogP contribution in [0, 0.1) is 6.92 Å². The Morgan fingerprint density at radius 3 is 2.58 bits per heavy atom. The molecule has 0 aliphatic heterocycles. The average molecular weight is 184 g/mol. The number of alkyl halides is 1. The van der Waals surface area contributed by atoms with E-state index in [-0.39, 0.29) is 5.38 Å². The zero-order valence-electron chi connectivity index (χ0n) is 6.87. The first-order valence-electron chi connectivity index (χ1n) is 3.88. The molecule has 0 bridgehead atoms. The van der Waals surface area contributed by atoms with Crippen molar-refractivity contribution < 1.29 is 4.74 Å². The second-order valence-corrected chi connectivity index (χ2v) is 3.22. The Balaban J connectivity index is 2.25. The van der Waals surface area contributed by atoms with Crippen LogP contribution in [0.2, 0.25) is 0 Å². The lowest BCUT2D eigenvalue weighted by molar-refractivity contribution is 0.126. The highest BCUT2D eigenvalue weighted by molar-refractivity contribution is 6.21. The van der Waals surface area contributed by atoms with Crippen molar-refractivity contribution in [3.8, 4) is 0 Å². The molecule has 0 saturated carbocycles. The van der Waals surface area contributed by atoms with E-state index >= 15 is 0 Å². The van der Waals surface area contributed by atoms with Crippen molar-refractivity contribution in [1.82, 2.24) is 0 Å². The van der Waals surface area contributed by atoms with Crippen LogP contribution in [0.25, 0.3) is 0 Å². The molecule has 1 aromatic rings. The summed E-state index contributed by atoms with van der Waals surface area (Å²) >= 11 is 5.61. The summed E-state index contributed by atoms with van der Waals surface area (Å²) in [5.41, 5.74) is 1.16. The van der Waals surface area contributed by atoms with Gasteiger partial charge in [-0.3, -0.25) is 0 Å². The Bertz CT molecular complexity index is 208. The monoisotopic (exact) mass is 183 g/mol. The molecule has 1 unspecified atom stereocenters. The second kappa shape index (κ2) is 5.18.